The molecule has 3 aromatic rings. The molecule has 0 atom stereocenters. The van der Waals surface area contributed by atoms with E-state index in [-0.39, 0.29) is 16.1 Å². The standard InChI is InChI=1S/C17H12N2O4/c1-23-11-7-8-12-13(9-11)16(21)14(15(12)20)18-19-17(22)10-5-3-2-4-6-10/h2-9H,1H3,(H,19,22)/b18-14+. The Kier molecular flexibility index (Phi) is 3.72. The molecular weight excluding hydrogens is 296 g/mol. The number of rotatable bonds is 3. The fourth-order valence-electron chi connectivity index (χ4n) is 2.26. The minimum absolute atomic E-state index is 0.224. The van der Waals surface area contributed by atoms with Crippen LogP contribution in [0, 0.1) is 0 Å². The molecule has 0 fully saturated rings. The summed E-state index contributed by atoms with van der Waals surface area (Å²) < 4.78 is 5.04. The summed E-state index contributed by atoms with van der Waals surface area (Å²) in [4.78, 5) is 36.4. The molecule has 0 bridgehead atoms. The van der Waals surface area contributed by atoms with E-state index in [1.807, 2.05) is 0 Å². The number of methoxy groups -OCH3 is 1. The van der Waals surface area contributed by atoms with Crippen LogP contribution >= 0.6 is 0 Å². The van der Waals surface area contributed by atoms with Gasteiger partial charge in [-0.25, -0.2) is 5.43 Å². The summed E-state index contributed by atoms with van der Waals surface area (Å²) in [5.41, 5.74) is 1.58. The predicted octanol–water partition coefficient (Wildman–Crippen LogP) is 0.690. The molecule has 0 aliphatic heterocycles. The van der Waals surface area contributed by atoms with Crippen LogP contribution in [0.15, 0.2) is 63.2 Å². The maximum Gasteiger partial charge on any atom is 0.271 e. The van der Waals surface area contributed by atoms with Gasteiger partial charge < -0.3 is 4.74 Å². The van der Waals surface area contributed by atoms with E-state index in [1.165, 1.54) is 19.2 Å². The summed E-state index contributed by atoms with van der Waals surface area (Å²) in [6.07, 6.45) is 0. The van der Waals surface area contributed by atoms with Crippen LogP contribution in [0.3, 0.4) is 0 Å². The average molecular weight is 308 g/mol. The summed E-state index contributed by atoms with van der Waals surface area (Å²) in [6, 6.07) is 13.0. The number of nitrogens with zero attached hydrogens (tertiary/aromatic N) is 1. The van der Waals surface area contributed by atoms with E-state index in [1.54, 1.807) is 36.4 Å². The van der Waals surface area contributed by atoms with Crippen molar-refractivity contribution in [2.75, 3.05) is 7.11 Å². The van der Waals surface area contributed by atoms with E-state index in [2.05, 4.69) is 10.5 Å². The Morgan fingerprint density at radius 1 is 1.00 bits per heavy atom. The maximum atomic E-state index is 12.3. The minimum atomic E-state index is -0.530. The van der Waals surface area contributed by atoms with E-state index >= 15 is 0 Å². The van der Waals surface area contributed by atoms with Crippen molar-refractivity contribution in [1.82, 2.24) is 5.43 Å². The number of hydrogen-bond acceptors (Lipinski definition) is 5. The van der Waals surface area contributed by atoms with Crippen LogP contribution in [0.2, 0.25) is 0 Å². The lowest BCUT2D eigenvalue weighted by Crippen LogP contribution is -2.35. The number of nitrogens with one attached hydrogen (secondary N) is 1. The number of carbonyl (C=O) groups excluding carboxylic acids is 1. The van der Waals surface area contributed by atoms with Gasteiger partial charge in [-0.15, -0.1) is 0 Å². The van der Waals surface area contributed by atoms with Gasteiger partial charge in [0.1, 0.15) is 5.75 Å². The van der Waals surface area contributed by atoms with E-state index in [0.717, 1.165) is 0 Å². The zero-order valence-corrected chi connectivity index (χ0v) is 12.2. The van der Waals surface area contributed by atoms with Crippen molar-refractivity contribution in [1.29, 1.82) is 0 Å². The van der Waals surface area contributed by atoms with Crippen molar-refractivity contribution in [2.45, 2.75) is 0 Å². The third-order valence-corrected chi connectivity index (χ3v) is 3.45. The topological polar surface area (TPSA) is 84.8 Å². The van der Waals surface area contributed by atoms with Gasteiger partial charge in [0.2, 0.25) is 10.9 Å². The van der Waals surface area contributed by atoms with Crippen molar-refractivity contribution in [3.63, 3.8) is 0 Å². The van der Waals surface area contributed by atoms with Crippen LogP contribution in [-0.4, -0.2) is 13.0 Å². The molecule has 114 valence electrons. The molecule has 3 rings (SSSR count). The summed E-state index contributed by atoms with van der Waals surface area (Å²) in [5, 5.41) is 3.88. The smallest absolute Gasteiger partial charge is 0.271 e. The Labute approximate surface area is 130 Å². The van der Waals surface area contributed by atoms with Crippen LogP contribution in [0.25, 0.3) is 10.8 Å². The van der Waals surface area contributed by atoms with Gasteiger partial charge in [0.25, 0.3) is 5.91 Å². The van der Waals surface area contributed by atoms with Crippen molar-refractivity contribution in [2.24, 2.45) is 5.10 Å². The van der Waals surface area contributed by atoms with Crippen molar-refractivity contribution < 1.29 is 9.53 Å². The Bertz CT molecular complexity index is 1030. The van der Waals surface area contributed by atoms with Crippen LogP contribution in [0.1, 0.15) is 10.4 Å². The highest BCUT2D eigenvalue weighted by Gasteiger charge is 2.12. The second-order valence-electron chi connectivity index (χ2n) is 4.84. The molecule has 0 aromatic heterocycles. The highest BCUT2D eigenvalue weighted by molar-refractivity contribution is 5.93. The summed E-state index contributed by atoms with van der Waals surface area (Å²) in [7, 11) is 1.47. The van der Waals surface area contributed by atoms with Crippen molar-refractivity contribution in [3.8, 4) is 5.75 Å². The highest BCUT2D eigenvalue weighted by Crippen LogP contribution is 2.14. The molecule has 0 spiro atoms. The molecule has 0 saturated carbocycles. The molecule has 3 aromatic carbocycles. The lowest BCUT2D eigenvalue weighted by Gasteiger charge is -1.97. The quantitative estimate of drug-likeness (QED) is 0.721. The fraction of sp³-hybridized carbons (Fsp3) is 0.0588. The molecular formula is C17H12N2O4. The second kappa shape index (κ2) is 5.84. The van der Waals surface area contributed by atoms with Crippen molar-refractivity contribution in [3.05, 3.63) is 79.9 Å². The number of carbonyl (C=O) groups is 1. The summed E-state index contributed by atoms with van der Waals surface area (Å²) in [6.45, 7) is 0. The zero-order chi connectivity index (χ0) is 16.4. The summed E-state index contributed by atoms with van der Waals surface area (Å²) in [5.74, 6) is -0.0216. The van der Waals surface area contributed by atoms with Gasteiger partial charge in [0.15, 0.2) is 5.36 Å². The first-order chi connectivity index (χ1) is 11.1. The first-order valence-electron chi connectivity index (χ1n) is 6.82. The van der Waals surface area contributed by atoms with Gasteiger partial charge in [-0.05, 0) is 30.3 Å². The van der Waals surface area contributed by atoms with Gasteiger partial charge >= 0.3 is 0 Å². The molecule has 0 aliphatic rings. The molecule has 1 amide bonds. The van der Waals surface area contributed by atoms with Gasteiger partial charge in [-0.1, -0.05) is 18.2 Å². The molecule has 0 unspecified atom stereocenters. The third-order valence-electron chi connectivity index (χ3n) is 3.45. The molecule has 1 N–H and O–H groups in total. The second-order valence-corrected chi connectivity index (χ2v) is 4.84. The van der Waals surface area contributed by atoms with E-state index < -0.39 is 16.8 Å². The molecule has 0 radical (unpaired) electrons. The van der Waals surface area contributed by atoms with Gasteiger partial charge in [-0.3, -0.25) is 14.4 Å². The first-order valence-corrected chi connectivity index (χ1v) is 6.82. The number of hydrogen-bond donors (Lipinski definition) is 1. The number of amides is 1. The third kappa shape index (κ3) is 2.62. The number of fused-ring (bicyclic) bond motifs is 1. The van der Waals surface area contributed by atoms with Crippen LogP contribution in [0.5, 0.6) is 5.75 Å². The van der Waals surface area contributed by atoms with E-state index in [4.69, 9.17) is 4.74 Å². The maximum absolute atomic E-state index is 12.3. The SMILES string of the molecule is COc1ccc2c(=O)/c(=N\NC(=O)c3ccccc3)c(=O)c2c1. The number of ether oxygens (including phenoxy) is 1. The first kappa shape index (κ1) is 14.6. The fourth-order valence-corrected chi connectivity index (χ4v) is 2.26. The number of benzene rings is 2. The predicted molar refractivity (Wildman–Crippen MR) is 84.9 cm³/mol. The Hall–Kier alpha value is -3.28. The molecule has 0 saturated heterocycles. The van der Waals surface area contributed by atoms with Crippen LogP contribution in [0.4, 0.5) is 0 Å². The highest BCUT2D eigenvalue weighted by atomic mass is 16.5. The van der Waals surface area contributed by atoms with Gasteiger partial charge in [0, 0.05) is 16.3 Å². The zero-order valence-electron chi connectivity index (χ0n) is 12.2. The monoisotopic (exact) mass is 308 g/mol. The van der Waals surface area contributed by atoms with Gasteiger partial charge in [0.05, 0.1) is 7.11 Å². The normalized spacial score (nSPS) is 11.6. The minimum Gasteiger partial charge on any atom is -0.497 e. The van der Waals surface area contributed by atoms with Crippen LogP contribution in [-0.2, 0) is 0 Å². The molecule has 23 heavy (non-hydrogen) atoms. The molecule has 0 heterocycles. The Balaban J connectivity index is 2.05. The van der Waals surface area contributed by atoms with E-state index in [0.29, 0.717) is 11.3 Å². The lowest BCUT2D eigenvalue weighted by molar-refractivity contribution is 0.0953. The summed E-state index contributed by atoms with van der Waals surface area (Å²) >= 11 is 0. The van der Waals surface area contributed by atoms with Gasteiger partial charge in [-0.2, -0.15) is 5.10 Å². The van der Waals surface area contributed by atoms with Crippen molar-refractivity contribution >= 4 is 16.7 Å². The molecule has 0 aliphatic carbocycles. The van der Waals surface area contributed by atoms with E-state index in [9.17, 15) is 14.4 Å². The Morgan fingerprint density at radius 3 is 2.39 bits per heavy atom. The van der Waals surface area contributed by atoms with Crippen LogP contribution < -0.4 is 26.4 Å². The molecule has 6 nitrogen and oxygen atoms in total. The average Bonchev–Trinajstić information content (AvgIpc) is 2.84. The largest absolute Gasteiger partial charge is 0.497 e. The molecule has 6 heteroatoms. The lowest BCUT2D eigenvalue weighted by atomic mass is 10.2. The Morgan fingerprint density at radius 2 is 1.70 bits per heavy atom.